The van der Waals surface area contributed by atoms with Gasteiger partial charge in [-0.15, -0.1) is 4.40 Å². The zero-order valence-corrected chi connectivity index (χ0v) is 11.2. The summed E-state index contributed by atoms with van der Waals surface area (Å²) < 4.78 is 31.7. The number of halogens is 1. The lowest BCUT2D eigenvalue weighted by atomic mass is 10.2. The highest BCUT2D eigenvalue weighted by molar-refractivity contribution is 7.90. The van der Waals surface area contributed by atoms with Gasteiger partial charge in [0.15, 0.2) is 4.90 Å². The number of amidine groups is 1. The maximum atomic E-state index is 11.9. The number of ether oxygens (including phenoxy) is 1. The quantitative estimate of drug-likeness (QED) is 0.793. The minimum atomic E-state index is -4.12. The van der Waals surface area contributed by atoms with Crippen molar-refractivity contribution in [1.29, 1.82) is 0 Å². The molecule has 0 saturated heterocycles. The maximum absolute atomic E-state index is 11.9. The SMILES string of the molecule is COC(=O)CC1=NS(=O)(=O)c2c(O)ccc(Cl)c2N1. The van der Waals surface area contributed by atoms with E-state index in [0.717, 1.165) is 6.07 Å². The first-order valence-corrected chi connectivity index (χ1v) is 6.86. The number of fused-ring (bicyclic) bond motifs is 1. The highest BCUT2D eigenvalue weighted by Crippen LogP contribution is 2.39. The second-order valence-corrected chi connectivity index (χ2v) is 5.61. The van der Waals surface area contributed by atoms with Gasteiger partial charge >= 0.3 is 5.97 Å². The maximum Gasteiger partial charge on any atom is 0.313 e. The number of nitrogens with zero attached hydrogens (tertiary/aromatic N) is 1. The third-order valence-corrected chi connectivity index (χ3v) is 4.09. The molecule has 2 rings (SSSR count). The van der Waals surface area contributed by atoms with Gasteiger partial charge in [0.1, 0.15) is 18.0 Å². The van der Waals surface area contributed by atoms with Gasteiger partial charge in [0.25, 0.3) is 10.0 Å². The van der Waals surface area contributed by atoms with Gasteiger partial charge in [-0.25, -0.2) is 0 Å². The molecule has 1 heterocycles. The molecule has 102 valence electrons. The molecule has 0 aliphatic carbocycles. The van der Waals surface area contributed by atoms with E-state index < -0.39 is 26.6 Å². The number of anilines is 1. The number of carbonyl (C=O) groups excluding carboxylic acids is 1. The lowest BCUT2D eigenvalue weighted by Gasteiger charge is -2.19. The molecule has 0 bridgehead atoms. The molecular weight excluding hydrogens is 296 g/mol. The molecule has 19 heavy (non-hydrogen) atoms. The van der Waals surface area contributed by atoms with Crippen LogP contribution in [0.3, 0.4) is 0 Å². The summed E-state index contributed by atoms with van der Waals surface area (Å²) in [5.41, 5.74) is -0.00410. The van der Waals surface area contributed by atoms with E-state index in [1.54, 1.807) is 0 Å². The number of methoxy groups -OCH3 is 1. The van der Waals surface area contributed by atoms with Gasteiger partial charge in [-0.3, -0.25) is 4.79 Å². The lowest BCUT2D eigenvalue weighted by molar-refractivity contribution is -0.139. The Bertz CT molecular complexity index is 683. The van der Waals surface area contributed by atoms with Crippen molar-refractivity contribution in [2.24, 2.45) is 4.40 Å². The second kappa shape index (κ2) is 4.71. The highest BCUT2D eigenvalue weighted by Gasteiger charge is 2.30. The molecule has 2 N–H and O–H groups in total. The van der Waals surface area contributed by atoms with Crippen LogP contribution in [0, 0.1) is 0 Å². The number of rotatable bonds is 2. The molecule has 0 radical (unpaired) electrons. The van der Waals surface area contributed by atoms with E-state index in [1.165, 1.54) is 13.2 Å². The van der Waals surface area contributed by atoms with Crippen LogP contribution >= 0.6 is 11.6 Å². The van der Waals surface area contributed by atoms with Crippen molar-refractivity contribution in [2.45, 2.75) is 11.3 Å². The summed E-state index contributed by atoms with van der Waals surface area (Å²) >= 11 is 5.87. The third-order valence-electron chi connectivity index (χ3n) is 2.38. The monoisotopic (exact) mass is 304 g/mol. The summed E-state index contributed by atoms with van der Waals surface area (Å²) in [5.74, 6) is -1.24. The molecule has 1 aliphatic rings. The van der Waals surface area contributed by atoms with Crippen molar-refractivity contribution >= 4 is 39.1 Å². The number of carbonyl (C=O) groups is 1. The van der Waals surface area contributed by atoms with Crippen LogP contribution in [-0.2, 0) is 19.6 Å². The first kappa shape index (κ1) is 13.6. The molecule has 0 unspecified atom stereocenters. The van der Waals surface area contributed by atoms with Crippen molar-refractivity contribution < 1.29 is 23.1 Å². The third kappa shape index (κ3) is 2.49. The van der Waals surface area contributed by atoms with Crippen LogP contribution in [0.15, 0.2) is 21.4 Å². The normalized spacial score (nSPS) is 16.0. The van der Waals surface area contributed by atoms with Gasteiger partial charge in [0, 0.05) is 0 Å². The topological polar surface area (TPSA) is 105 Å². The van der Waals surface area contributed by atoms with Gasteiger partial charge in [-0.2, -0.15) is 8.42 Å². The summed E-state index contributed by atoms with van der Waals surface area (Å²) in [6.07, 6.45) is -0.346. The number of sulfonamides is 1. The number of esters is 1. The smallest absolute Gasteiger partial charge is 0.313 e. The van der Waals surface area contributed by atoms with E-state index in [1.807, 2.05) is 0 Å². The van der Waals surface area contributed by atoms with Crippen LogP contribution in [-0.4, -0.2) is 32.4 Å². The summed E-state index contributed by atoms with van der Waals surface area (Å²) in [4.78, 5) is 10.7. The Hall–Kier alpha value is -1.80. The number of phenols is 1. The molecule has 0 spiro atoms. The molecule has 0 atom stereocenters. The number of aromatic hydroxyl groups is 1. The van der Waals surface area contributed by atoms with E-state index in [2.05, 4.69) is 14.5 Å². The van der Waals surface area contributed by atoms with E-state index in [4.69, 9.17) is 11.6 Å². The fraction of sp³-hybridized carbons (Fsp3) is 0.200. The fourth-order valence-electron chi connectivity index (χ4n) is 1.57. The first-order valence-electron chi connectivity index (χ1n) is 5.04. The average molecular weight is 305 g/mol. The molecule has 0 aromatic heterocycles. The van der Waals surface area contributed by atoms with Gasteiger partial charge in [0.2, 0.25) is 0 Å². The fourth-order valence-corrected chi connectivity index (χ4v) is 3.07. The minimum Gasteiger partial charge on any atom is -0.506 e. The second-order valence-electron chi connectivity index (χ2n) is 3.66. The summed E-state index contributed by atoms with van der Waals surface area (Å²) in [6.45, 7) is 0. The Morgan fingerprint density at radius 3 is 2.84 bits per heavy atom. The Kier molecular flexibility index (Phi) is 3.38. The Labute approximate surface area is 113 Å². The van der Waals surface area contributed by atoms with E-state index in [-0.39, 0.29) is 23.0 Å². The van der Waals surface area contributed by atoms with Crippen LogP contribution in [0.5, 0.6) is 5.75 Å². The van der Waals surface area contributed by atoms with E-state index in [9.17, 15) is 18.3 Å². The van der Waals surface area contributed by atoms with E-state index in [0.29, 0.717) is 0 Å². The van der Waals surface area contributed by atoms with Gasteiger partial charge in [0.05, 0.1) is 17.8 Å². The lowest BCUT2D eigenvalue weighted by Crippen LogP contribution is -2.24. The van der Waals surface area contributed by atoms with Crippen molar-refractivity contribution in [3.05, 3.63) is 17.2 Å². The number of benzene rings is 1. The van der Waals surface area contributed by atoms with Crippen LogP contribution < -0.4 is 5.32 Å². The molecule has 7 nitrogen and oxygen atoms in total. The van der Waals surface area contributed by atoms with Crippen molar-refractivity contribution in [3.63, 3.8) is 0 Å². The largest absolute Gasteiger partial charge is 0.506 e. The Morgan fingerprint density at radius 1 is 1.53 bits per heavy atom. The molecule has 0 amide bonds. The molecule has 1 aliphatic heterocycles. The van der Waals surface area contributed by atoms with Gasteiger partial charge in [-0.05, 0) is 12.1 Å². The molecule has 0 saturated carbocycles. The van der Waals surface area contributed by atoms with Crippen LogP contribution in [0.2, 0.25) is 5.02 Å². The standard InChI is InChI=1S/C10H9ClN2O5S/c1-18-8(15)4-7-12-9-5(11)2-3-6(14)10(9)19(16,17)13-7/h2-3,14H,4H2,1H3,(H,12,13). The number of phenolic OH excluding ortho intramolecular Hbond substituents is 1. The Balaban J connectivity index is 2.53. The first-order chi connectivity index (χ1) is 8.85. The summed E-state index contributed by atoms with van der Waals surface area (Å²) in [7, 11) is -2.94. The van der Waals surface area contributed by atoms with Crippen molar-refractivity contribution in [2.75, 3.05) is 12.4 Å². The van der Waals surface area contributed by atoms with E-state index >= 15 is 0 Å². The van der Waals surface area contributed by atoms with Gasteiger partial charge in [-0.1, -0.05) is 11.6 Å². The predicted molar refractivity (Wildman–Crippen MR) is 68.0 cm³/mol. The molecule has 1 aromatic rings. The number of hydrogen-bond acceptors (Lipinski definition) is 6. The molecule has 9 heteroatoms. The van der Waals surface area contributed by atoms with Crippen molar-refractivity contribution in [3.8, 4) is 5.75 Å². The zero-order chi connectivity index (χ0) is 14.2. The molecule has 0 fully saturated rings. The predicted octanol–water partition coefficient (Wildman–Crippen LogP) is 1.12. The van der Waals surface area contributed by atoms with Crippen molar-refractivity contribution in [1.82, 2.24) is 0 Å². The summed E-state index contributed by atoms with van der Waals surface area (Å²) in [5, 5.41) is 12.3. The number of hydrogen-bond donors (Lipinski definition) is 2. The number of nitrogens with one attached hydrogen (secondary N) is 1. The Morgan fingerprint density at radius 2 is 2.21 bits per heavy atom. The molecular formula is C10H9ClN2O5S. The van der Waals surface area contributed by atoms with Crippen LogP contribution in [0.25, 0.3) is 0 Å². The highest BCUT2D eigenvalue weighted by atomic mass is 35.5. The minimum absolute atomic E-state index is 0.00410. The van der Waals surface area contributed by atoms with Gasteiger partial charge < -0.3 is 15.2 Å². The summed E-state index contributed by atoms with van der Waals surface area (Å²) in [6, 6.07) is 2.49. The zero-order valence-electron chi connectivity index (χ0n) is 9.68. The average Bonchev–Trinajstić information content (AvgIpc) is 2.32. The van der Waals surface area contributed by atoms with Crippen LogP contribution in [0.1, 0.15) is 6.42 Å². The van der Waals surface area contributed by atoms with Crippen LogP contribution in [0.4, 0.5) is 5.69 Å². The molecule has 1 aromatic carbocycles.